The van der Waals surface area contributed by atoms with E-state index in [0.717, 1.165) is 22.4 Å². The Kier molecular flexibility index (Phi) is 4.59. The van der Waals surface area contributed by atoms with Crippen LogP contribution in [0.15, 0.2) is 53.3 Å². The van der Waals surface area contributed by atoms with E-state index < -0.39 is 11.6 Å². The Balaban J connectivity index is 1.89. The Morgan fingerprint density at radius 1 is 1.17 bits per heavy atom. The fraction of sp³-hybridized carbons (Fsp3) is 0.143. The number of nitrogens with one attached hydrogen (secondary N) is 1. The molecule has 0 unspecified atom stereocenters. The van der Waals surface area contributed by atoms with Gasteiger partial charge in [0, 0.05) is 5.56 Å². The highest BCUT2D eigenvalue weighted by atomic mass is 16.5. The van der Waals surface area contributed by atoms with Gasteiger partial charge in [0.15, 0.2) is 17.2 Å². The molecular weight excluding hydrogens is 370 g/mol. The number of carbonyl (C=O) groups excluding carboxylic acids is 1. The minimum absolute atomic E-state index is 0.0166. The molecule has 3 N–H and O–H groups in total. The normalized spacial score (nSPS) is 11.0. The molecule has 4 rings (SSSR count). The van der Waals surface area contributed by atoms with Gasteiger partial charge in [-0.25, -0.2) is 14.8 Å². The van der Waals surface area contributed by atoms with Crippen LogP contribution in [-0.4, -0.2) is 32.5 Å². The van der Waals surface area contributed by atoms with Crippen LogP contribution in [-0.2, 0) is 6.54 Å². The Morgan fingerprint density at radius 2 is 1.93 bits per heavy atom. The van der Waals surface area contributed by atoms with Crippen molar-refractivity contribution in [3.63, 3.8) is 0 Å². The van der Waals surface area contributed by atoms with Crippen LogP contribution in [0, 0.1) is 6.92 Å². The van der Waals surface area contributed by atoms with Gasteiger partial charge >= 0.3 is 5.69 Å². The highest BCUT2D eigenvalue weighted by Crippen LogP contribution is 2.21. The lowest BCUT2D eigenvalue weighted by Crippen LogP contribution is -2.17. The first-order valence-corrected chi connectivity index (χ1v) is 8.96. The number of hydrogen-bond acceptors (Lipinski definition) is 5. The van der Waals surface area contributed by atoms with Gasteiger partial charge < -0.3 is 15.5 Å². The molecule has 8 nitrogen and oxygen atoms in total. The van der Waals surface area contributed by atoms with E-state index in [2.05, 4.69) is 15.0 Å². The number of benzene rings is 2. The monoisotopic (exact) mass is 389 g/mol. The molecule has 0 aliphatic rings. The van der Waals surface area contributed by atoms with Crippen LogP contribution in [0.5, 0.6) is 5.75 Å². The molecule has 8 heteroatoms. The van der Waals surface area contributed by atoms with Gasteiger partial charge in [0.25, 0.3) is 5.91 Å². The second-order valence-corrected chi connectivity index (χ2v) is 6.69. The first-order chi connectivity index (χ1) is 14.0. The fourth-order valence-electron chi connectivity index (χ4n) is 3.18. The largest absolute Gasteiger partial charge is 0.497 e. The number of methoxy groups -OCH3 is 1. The fourth-order valence-corrected chi connectivity index (χ4v) is 3.18. The van der Waals surface area contributed by atoms with Gasteiger partial charge in [-0.2, -0.15) is 0 Å². The number of imidazole rings is 1. The average Bonchev–Trinajstić information content (AvgIpc) is 3.03. The Hall–Kier alpha value is -3.94. The molecule has 0 bridgehead atoms. The van der Waals surface area contributed by atoms with Gasteiger partial charge in [0.05, 0.1) is 13.7 Å². The molecule has 0 spiro atoms. The number of aromatic amines is 1. The van der Waals surface area contributed by atoms with Crippen LogP contribution in [0.3, 0.4) is 0 Å². The van der Waals surface area contributed by atoms with Crippen LogP contribution in [0.1, 0.15) is 21.6 Å². The summed E-state index contributed by atoms with van der Waals surface area (Å²) in [6.07, 6.45) is 0. The van der Waals surface area contributed by atoms with Gasteiger partial charge in [-0.3, -0.25) is 9.36 Å². The number of aromatic nitrogens is 4. The average molecular weight is 389 g/mol. The van der Waals surface area contributed by atoms with Crippen molar-refractivity contribution in [2.45, 2.75) is 13.5 Å². The Morgan fingerprint density at radius 3 is 2.59 bits per heavy atom. The van der Waals surface area contributed by atoms with Crippen molar-refractivity contribution in [1.82, 2.24) is 19.5 Å². The van der Waals surface area contributed by atoms with E-state index in [1.807, 2.05) is 55.5 Å². The molecular formula is C21H19N5O3. The topological polar surface area (TPSA) is 116 Å². The van der Waals surface area contributed by atoms with Crippen LogP contribution >= 0.6 is 0 Å². The van der Waals surface area contributed by atoms with Gasteiger partial charge in [-0.1, -0.05) is 35.9 Å². The zero-order chi connectivity index (χ0) is 20.5. The van der Waals surface area contributed by atoms with Crippen molar-refractivity contribution < 1.29 is 9.53 Å². The third-order valence-electron chi connectivity index (χ3n) is 4.63. The maximum absolute atomic E-state index is 12.6. The summed E-state index contributed by atoms with van der Waals surface area (Å²) < 4.78 is 6.63. The standard InChI is InChI=1S/C21H19N5O3/c1-12-4-3-5-14(10-12)19-23-16(18(22)27)17-20(25-19)26(21(28)24-17)11-13-6-8-15(29-2)9-7-13/h3-10H,11H2,1-2H3,(H2,22,27)(H,24,28). The number of fused-ring (bicyclic) bond motifs is 1. The molecule has 0 aliphatic carbocycles. The van der Waals surface area contributed by atoms with Crippen LogP contribution in [0.4, 0.5) is 0 Å². The van der Waals surface area contributed by atoms with Crippen LogP contribution in [0.2, 0.25) is 0 Å². The molecule has 4 aromatic rings. The van der Waals surface area contributed by atoms with Gasteiger partial charge in [0.1, 0.15) is 11.3 Å². The number of primary amides is 1. The molecule has 1 amide bonds. The number of carbonyl (C=O) groups is 1. The lowest BCUT2D eigenvalue weighted by Gasteiger charge is -2.08. The highest BCUT2D eigenvalue weighted by molar-refractivity contribution is 6.01. The second kappa shape index (κ2) is 7.23. The lowest BCUT2D eigenvalue weighted by atomic mass is 10.1. The van der Waals surface area contributed by atoms with Crippen molar-refractivity contribution in [3.8, 4) is 17.1 Å². The molecule has 2 aromatic carbocycles. The minimum Gasteiger partial charge on any atom is -0.497 e. The second-order valence-electron chi connectivity index (χ2n) is 6.69. The molecule has 0 saturated carbocycles. The van der Waals surface area contributed by atoms with E-state index in [9.17, 15) is 9.59 Å². The molecule has 146 valence electrons. The summed E-state index contributed by atoms with van der Waals surface area (Å²) >= 11 is 0. The predicted molar refractivity (Wildman–Crippen MR) is 109 cm³/mol. The Labute approximate surface area is 166 Å². The quantitative estimate of drug-likeness (QED) is 0.543. The van der Waals surface area contributed by atoms with E-state index in [4.69, 9.17) is 10.5 Å². The zero-order valence-corrected chi connectivity index (χ0v) is 16.0. The van der Waals surface area contributed by atoms with E-state index in [1.54, 1.807) is 7.11 Å². The van der Waals surface area contributed by atoms with Gasteiger partial charge in [-0.05, 0) is 30.7 Å². The van der Waals surface area contributed by atoms with Crippen molar-refractivity contribution in [1.29, 1.82) is 0 Å². The third-order valence-corrected chi connectivity index (χ3v) is 4.63. The number of amides is 1. The summed E-state index contributed by atoms with van der Waals surface area (Å²) in [5, 5.41) is 0. The number of nitrogens with two attached hydrogens (primary N) is 1. The van der Waals surface area contributed by atoms with Crippen molar-refractivity contribution in [3.05, 3.63) is 75.8 Å². The number of nitrogens with zero attached hydrogens (tertiary/aromatic N) is 3. The summed E-state index contributed by atoms with van der Waals surface area (Å²) in [5.41, 5.74) is 8.31. The number of H-pyrrole nitrogens is 1. The third kappa shape index (κ3) is 3.47. The number of aryl methyl sites for hydroxylation is 1. The van der Waals surface area contributed by atoms with Gasteiger partial charge in [0.2, 0.25) is 0 Å². The number of hydrogen-bond donors (Lipinski definition) is 2. The molecule has 0 atom stereocenters. The maximum atomic E-state index is 12.6. The van der Waals surface area contributed by atoms with Crippen molar-refractivity contribution in [2.75, 3.05) is 7.11 Å². The Bertz CT molecular complexity index is 1270. The smallest absolute Gasteiger partial charge is 0.328 e. The molecule has 2 aromatic heterocycles. The summed E-state index contributed by atoms with van der Waals surface area (Å²) in [5.74, 6) is 0.321. The molecule has 0 fully saturated rings. The van der Waals surface area contributed by atoms with E-state index in [-0.39, 0.29) is 17.8 Å². The molecule has 0 aliphatic heterocycles. The summed E-state index contributed by atoms with van der Waals surface area (Å²) in [7, 11) is 1.59. The highest BCUT2D eigenvalue weighted by Gasteiger charge is 2.19. The first-order valence-electron chi connectivity index (χ1n) is 8.96. The van der Waals surface area contributed by atoms with Gasteiger partial charge in [-0.15, -0.1) is 0 Å². The summed E-state index contributed by atoms with van der Waals surface area (Å²) in [4.78, 5) is 36.2. The minimum atomic E-state index is -0.732. The number of ether oxygens (including phenoxy) is 1. The van der Waals surface area contributed by atoms with Crippen LogP contribution in [0.25, 0.3) is 22.6 Å². The molecule has 0 radical (unpaired) electrons. The predicted octanol–water partition coefficient (Wildman–Crippen LogP) is 2.25. The van der Waals surface area contributed by atoms with E-state index in [1.165, 1.54) is 4.57 Å². The lowest BCUT2D eigenvalue weighted by molar-refractivity contribution is 0.0997. The van der Waals surface area contributed by atoms with Crippen molar-refractivity contribution in [2.24, 2.45) is 5.73 Å². The SMILES string of the molecule is COc1ccc(Cn2c(=O)[nH]c3c(C(N)=O)nc(-c4cccc(C)c4)nc32)cc1. The van der Waals surface area contributed by atoms with E-state index >= 15 is 0 Å². The molecule has 29 heavy (non-hydrogen) atoms. The maximum Gasteiger partial charge on any atom is 0.328 e. The van der Waals surface area contributed by atoms with E-state index in [0.29, 0.717) is 11.5 Å². The zero-order valence-electron chi connectivity index (χ0n) is 16.0. The summed E-state index contributed by atoms with van der Waals surface area (Å²) in [6, 6.07) is 14.9. The number of rotatable bonds is 5. The van der Waals surface area contributed by atoms with Crippen LogP contribution < -0.4 is 16.2 Å². The molecule has 0 saturated heterocycles. The molecule has 2 heterocycles. The van der Waals surface area contributed by atoms with Crippen molar-refractivity contribution >= 4 is 17.1 Å². The first kappa shape index (κ1) is 18.4. The summed E-state index contributed by atoms with van der Waals surface area (Å²) in [6.45, 7) is 2.22.